The fourth-order valence-electron chi connectivity index (χ4n) is 11.6. The van der Waals surface area contributed by atoms with Crippen molar-refractivity contribution in [3.8, 4) is 33.4 Å². The molecule has 3 aliphatic carbocycles. The van der Waals surface area contributed by atoms with Gasteiger partial charge in [-0.2, -0.15) is 0 Å². The normalized spacial score (nSPS) is 15.7. The summed E-state index contributed by atoms with van der Waals surface area (Å²) in [6.45, 7) is 0. The zero-order chi connectivity index (χ0) is 40.1. The number of benzene rings is 10. The summed E-state index contributed by atoms with van der Waals surface area (Å²) in [4.78, 5) is 2.48. The Morgan fingerprint density at radius 2 is 0.672 bits per heavy atom. The predicted molar refractivity (Wildman–Crippen MR) is 252 cm³/mol. The van der Waals surface area contributed by atoms with Crippen LogP contribution in [-0.4, -0.2) is 0 Å². The molecule has 0 radical (unpaired) electrons. The lowest BCUT2D eigenvalue weighted by atomic mass is 9.67. The van der Waals surface area contributed by atoms with E-state index in [-0.39, 0.29) is 0 Å². The van der Waals surface area contributed by atoms with E-state index < -0.39 is 10.8 Å². The highest BCUT2D eigenvalue weighted by molar-refractivity contribution is 6.04. The molecule has 1 atom stereocenters. The van der Waals surface area contributed by atoms with Crippen LogP contribution in [0.4, 0.5) is 17.1 Å². The molecule has 0 fully saturated rings. The monoisotopic (exact) mass is 773 g/mol. The molecule has 0 bridgehead atoms. The number of para-hydroxylation sites is 1. The van der Waals surface area contributed by atoms with Crippen molar-refractivity contribution in [2.75, 3.05) is 4.90 Å². The van der Waals surface area contributed by atoms with E-state index >= 15 is 0 Å². The van der Waals surface area contributed by atoms with E-state index in [1.54, 1.807) is 0 Å². The molecular formula is C60H39N. The van der Waals surface area contributed by atoms with Gasteiger partial charge in [-0.1, -0.05) is 200 Å². The van der Waals surface area contributed by atoms with E-state index in [1.165, 1.54) is 88.7 Å². The van der Waals surface area contributed by atoms with Gasteiger partial charge in [-0.15, -0.1) is 0 Å². The van der Waals surface area contributed by atoms with Gasteiger partial charge in [0.25, 0.3) is 0 Å². The van der Waals surface area contributed by atoms with Crippen molar-refractivity contribution < 1.29 is 0 Å². The van der Waals surface area contributed by atoms with Crippen molar-refractivity contribution >= 4 is 27.8 Å². The summed E-state index contributed by atoms with van der Waals surface area (Å²) < 4.78 is 0. The quantitative estimate of drug-likeness (QED) is 0.168. The summed E-state index contributed by atoms with van der Waals surface area (Å²) >= 11 is 0. The van der Waals surface area contributed by atoms with Gasteiger partial charge in [-0.05, 0) is 125 Å². The molecule has 3 aliphatic rings. The molecule has 0 heterocycles. The van der Waals surface area contributed by atoms with E-state index in [0.717, 1.165) is 17.1 Å². The lowest BCUT2D eigenvalue weighted by Gasteiger charge is -2.35. The smallest absolute Gasteiger partial charge is 0.0732 e. The summed E-state index contributed by atoms with van der Waals surface area (Å²) in [5.41, 5.74) is 20.7. The molecule has 0 aromatic heterocycles. The Balaban J connectivity index is 1.09. The zero-order valence-electron chi connectivity index (χ0n) is 33.5. The summed E-state index contributed by atoms with van der Waals surface area (Å²) in [6.07, 6.45) is 0. The van der Waals surface area contributed by atoms with E-state index in [0.29, 0.717) is 0 Å². The van der Waals surface area contributed by atoms with Crippen LogP contribution >= 0.6 is 0 Å². The molecule has 0 N–H and O–H groups in total. The van der Waals surface area contributed by atoms with Crippen LogP contribution in [0.5, 0.6) is 0 Å². The van der Waals surface area contributed by atoms with Crippen LogP contribution in [0, 0.1) is 0 Å². The highest BCUT2D eigenvalue weighted by Gasteiger charge is 2.53. The van der Waals surface area contributed by atoms with E-state index in [2.05, 4.69) is 241 Å². The molecule has 0 saturated carbocycles. The van der Waals surface area contributed by atoms with Crippen molar-refractivity contribution in [3.05, 3.63) is 281 Å². The summed E-state index contributed by atoms with van der Waals surface area (Å²) in [5.74, 6) is 0. The minimum absolute atomic E-state index is 0.494. The summed E-state index contributed by atoms with van der Waals surface area (Å²) in [6, 6.07) is 88.4. The average molecular weight is 774 g/mol. The molecule has 13 rings (SSSR count). The van der Waals surface area contributed by atoms with Crippen LogP contribution in [0.1, 0.15) is 44.5 Å². The van der Waals surface area contributed by atoms with Crippen molar-refractivity contribution in [2.24, 2.45) is 0 Å². The van der Waals surface area contributed by atoms with Crippen LogP contribution < -0.4 is 4.90 Å². The first-order valence-electron chi connectivity index (χ1n) is 21.3. The Bertz CT molecular complexity index is 3310. The predicted octanol–water partition coefficient (Wildman–Crippen LogP) is 15.0. The second-order valence-electron chi connectivity index (χ2n) is 16.7. The van der Waals surface area contributed by atoms with Gasteiger partial charge in [0, 0.05) is 17.1 Å². The number of nitrogens with zero attached hydrogens (tertiary/aromatic N) is 1. The Morgan fingerprint density at radius 1 is 0.262 bits per heavy atom. The van der Waals surface area contributed by atoms with Gasteiger partial charge in [0.1, 0.15) is 0 Å². The summed E-state index contributed by atoms with van der Waals surface area (Å²) in [5, 5.41) is 2.57. The maximum absolute atomic E-state index is 2.51. The average Bonchev–Trinajstić information content (AvgIpc) is 3.92. The van der Waals surface area contributed by atoms with Crippen LogP contribution in [0.25, 0.3) is 44.2 Å². The van der Waals surface area contributed by atoms with Gasteiger partial charge in [-0.25, -0.2) is 0 Å². The number of fused-ring (bicyclic) bond motifs is 15. The Labute approximate surface area is 356 Å². The second kappa shape index (κ2) is 12.9. The van der Waals surface area contributed by atoms with Crippen molar-refractivity contribution in [3.63, 3.8) is 0 Å². The third-order valence-electron chi connectivity index (χ3n) is 13.9. The topological polar surface area (TPSA) is 3.24 Å². The van der Waals surface area contributed by atoms with Gasteiger partial charge in [0.2, 0.25) is 0 Å². The molecule has 0 aliphatic heterocycles. The van der Waals surface area contributed by atoms with Gasteiger partial charge >= 0.3 is 0 Å². The van der Waals surface area contributed by atoms with Crippen molar-refractivity contribution in [1.82, 2.24) is 0 Å². The molecule has 61 heavy (non-hydrogen) atoms. The van der Waals surface area contributed by atoms with Crippen molar-refractivity contribution in [2.45, 2.75) is 10.8 Å². The Kier molecular flexibility index (Phi) is 7.21. The fraction of sp³-hybridized carbons (Fsp3) is 0.0333. The second-order valence-corrected chi connectivity index (χ2v) is 16.7. The number of hydrogen-bond donors (Lipinski definition) is 0. The van der Waals surface area contributed by atoms with Crippen LogP contribution in [0.3, 0.4) is 0 Å². The first-order valence-corrected chi connectivity index (χ1v) is 21.3. The first kappa shape index (κ1) is 34.2. The van der Waals surface area contributed by atoms with Gasteiger partial charge in [-0.3, -0.25) is 0 Å². The molecule has 10 aromatic rings. The molecule has 1 heteroatoms. The molecule has 1 spiro atoms. The standard InChI is InChI=1S/C60H39N/c1-4-19-41(20-5-1)59(42-21-6-2-7-22-42)53-29-15-12-26-47(53)50-36-33-44(38-56(50)59)61(43-23-8-3-9-24-43)45-34-37-51-48-27-13-16-30-54(48)60(57(51)39-45)55-31-17-14-28-49(55)52-35-32-40-18-10-11-25-46(40)58(52)60/h1-39H. The van der Waals surface area contributed by atoms with E-state index in [1.807, 2.05) is 0 Å². The lowest BCUT2D eigenvalue weighted by Crippen LogP contribution is -2.28. The molecular weight excluding hydrogens is 735 g/mol. The third-order valence-corrected chi connectivity index (χ3v) is 13.9. The van der Waals surface area contributed by atoms with Gasteiger partial charge in [0.15, 0.2) is 0 Å². The molecule has 0 saturated heterocycles. The summed E-state index contributed by atoms with van der Waals surface area (Å²) in [7, 11) is 0. The Morgan fingerprint density at radius 3 is 1.25 bits per heavy atom. The maximum Gasteiger partial charge on any atom is 0.0732 e. The van der Waals surface area contributed by atoms with E-state index in [9.17, 15) is 0 Å². The minimum atomic E-state index is -0.505. The van der Waals surface area contributed by atoms with Gasteiger partial charge < -0.3 is 4.90 Å². The fourth-order valence-corrected chi connectivity index (χ4v) is 11.6. The number of anilines is 3. The Hall–Kier alpha value is -7.74. The first-order chi connectivity index (χ1) is 30.3. The zero-order valence-corrected chi connectivity index (χ0v) is 33.5. The molecule has 10 aromatic carbocycles. The maximum atomic E-state index is 2.51. The van der Waals surface area contributed by atoms with Crippen LogP contribution in [-0.2, 0) is 10.8 Å². The van der Waals surface area contributed by atoms with Crippen LogP contribution in [0.15, 0.2) is 237 Å². The third kappa shape index (κ3) is 4.50. The SMILES string of the molecule is c1ccc(N(c2ccc3c(c2)C(c2ccccc2)(c2ccccc2)c2ccccc2-3)c2ccc3c(c2)C2(c4ccccc4-3)c3ccccc3-c3ccc4ccccc4c32)cc1. The minimum Gasteiger partial charge on any atom is -0.310 e. The highest BCUT2D eigenvalue weighted by atomic mass is 15.1. The molecule has 0 amide bonds. The molecule has 1 nitrogen and oxygen atoms in total. The molecule has 284 valence electrons. The lowest BCUT2D eigenvalue weighted by molar-refractivity contribution is 0.768. The highest BCUT2D eigenvalue weighted by Crippen LogP contribution is 2.65. The van der Waals surface area contributed by atoms with E-state index in [4.69, 9.17) is 0 Å². The number of rotatable bonds is 5. The van der Waals surface area contributed by atoms with Gasteiger partial charge in [0.05, 0.1) is 10.8 Å². The largest absolute Gasteiger partial charge is 0.310 e. The number of hydrogen-bond acceptors (Lipinski definition) is 1. The molecule has 1 unspecified atom stereocenters. The van der Waals surface area contributed by atoms with Crippen molar-refractivity contribution in [1.29, 1.82) is 0 Å². The van der Waals surface area contributed by atoms with Crippen LogP contribution in [0.2, 0.25) is 0 Å².